The summed E-state index contributed by atoms with van der Waals surface area (Å²) in [5.41, 5.74) is 22.1. The van der Waals surface area contributed by atoms with E-state index >= 15 is 0 Å². The van der Waals surface area contributed by atoms with Crippen molar-refractivity contribution in [1.82, 2.24) is 24.5 Å². The van der Waals surface area contributed by atoms with E-state index in [9.17, 15) is 0 Å². The summed E-state index contributed by atoms with van der Waals surface area (Å²) in [6.07, 6.45) is 9.62. The summed E-state index contributed by atoms with van der Waals surface area (Å²) in [5.74, 6) is 0. The Labute approximate surface area is 407 Å². The first-order valence-electron chi connectivity index (χ1n) is 23.6. The van der Waals surface area contributed by atoms with Crippen LogP contribution in [0, 0.1) is 0 Å². The predicted octanol–water partition coefficient (Wildman–Crippen LogP) is 16.5. The Morgan fingerprint density at radius 2 is 0.600 bits per heavy atom. The molecule has 0 radical (unpaired) electrons. The number of hydrogen-bond acceptors (Lipinski definition) is 3. The SMILES string of the molecule is c1ccc(-c2ccc(-c3cc(-c4ccccc4)ncc3-c3ccccc3-c3cc(-c4ccccc4-c4ccc(-n5cccn5)cc4)cc(-c4ccccc4-c4ccc(-n5cccn5)cc4)c3)cc2)cc1. The fraction of sp³-hybridized carbons (Fsp3) is 0. The minimum absolute atomic E-state index is 0.928. The molecule has 0 fully saturated rings. The normalized spacial score (nSPS) is 11.1. The summed E-state index contributed by atoms with van der Waals surface area (Å²) in [6.45, 7) is 0. The van der Waals surface area contributed by atoms with Crippen molar-refractivity contribution in [3.05, 3.63) is 274 Å². The Balaban J connectivity index is 1.04. The average Bonchev–Trinajstić information content (AvgIpc) is 4.21. The highest BCUT2D eigenvalue weighted by molar-refractivity contribution is 5.97. The Bertz CT molecular complexity index is 3570. The Morgan fingerprint density at radius 1 is 0.243 bits per heavy atom. The number of pyridine rings is 1. The topological polar surface area (TPSA) is 48.5 Å². The Hall–Kier alpha value is -9.45. The van der Waals surface area contributed by atoms with Crippen LogP contribution in [0.5, 0.6) is 0 Å². The van der Waals surface area contributed by atoms with Gasteiger partial charge in [0.2, 0.25) is 0 Å². The summed E-state index contributed by atoms with van der Waals surface area (Å²) in [7, 11) is 0. The van der Waals surface area contributed by atoms with Gasteiger partial charge in [0.1, 0.15) is 0 Å². The molecule has 3 heterocycles. The number of aromatic nitrogens is 5. The third-order valence-corrected chi connectivity index (χ3v) is 13.1. The second-order valence-corrected chi connectivity index (χ2v) is 17.4. The molecule has 0 aliphatic heterocycles. The van der Waals surface area contributed by atoms with Gasteiger partial charge in [-0.2, -0.15) is 10.2 Å². The van der Waals surface area contributed by atoms with Crippen LogP contribution in [-0.2, 0) is 0 Å². The van der Waals surface area contributed by atoms with Gasteiger partial charge in [-0.25, -0.2) is 9.36 Å². The molecular weight excluding hydrogens is 851 g/mol. The first-order valence-corrected chi connectivity index (χ1v) is 23.6. The van der Waals surface area contributed by atoms with Crippen molar-refractivity contribution in [3.63, 3.8) is 0 Å². The molecule has 0 spiro atoms. The van der Waals surface area contributed by atoms with E-state index < -0.39 is 0 Å². The lowest BCUT2D eigenvalue weighted by Crippen LogP contribution is -1.95. The van der Waals surface area contributed by atoms with Crippen LogP contribution < -0.4 is 0 Å². The van der Waals surface area contributed by atoms with Crippen LogP contribution in [0.3, 0.4) is 0 Å². The number of nitrogens with zero attached hydrogens (tertiary/aromatic N) is 5. The maximum Gasteiger partial charge on any atom is 0.0708 e. The highest BCUT2D eigenvalue weighted by Crippen LogP contribution is 2.44. The van der Waals surface area contributed by atoms with Crippen LogP contribution in [0.4, 0.5) is 0 Å². The van der Waals surface area contributed by atoms with E-state index in [-0.39, 0.29) is 0 Å². The highest BCUT2D eigenvalue weighted by atomic mass is 15.3. The number of benzene rings is 9. The van der Waals surface area contributed by atoms with E-state index in [4.69, 9.17) is 4.98 Å². The molecule has 0 amide bonds. The van der Waals surface area contributed by atoms with Gasteiger partial charge in [0.25, 0.3) is 0 Å². The monoisotopic (exact) mass is 895 g/mol. The molecule has 0 N–H and O–H groups in total. The van der Waals surface area contributed by atoms with Crippen molar-refractivity contribution < 1.29 is 0 Å². The maximum atomic E-state index is 5.17. The van der Waals surface area contributed by atoms with Gasteiger partial charge in [0.05, 0.1) is 17.1 Å². The standard InChI is InChI=1S/C65H45N5/c1-3-15-46(16-4-1)47-25-27-50(28-26-47)63-44-65(51-17-5-2-6-18-51)66-45-64(63)62-24-12-11-23-61(62)54-42-52(59-21-9-7-19-57(59)48-29-33-55(34-30-48)69-39-13-37-67-69)41-53(43-54)60-22-10-8-20-58(60)49-31-35-56(36-32-49)70-40-14-38-68-70/h1-45H. The minimum atomic E-state index is 0.928. The Morgan fingerprint density at radius 3 is 1.06 bits per heavy atom. The zero-order valence-electron chi connectivity index (χ0n) is 38.2. The van der Waals surface area contributed by atoms with E-state index in [1.165, 1.54) is 11.1 Å². The molecule has 0 unspecified atom stereocenters. The lowest BCUT2D eigenvalue weighted by molar-refractivity contribution is 0.881. The molecule has 0 bridgehead atoms. The zero-order valence-corrected chi connectivity index (χ0v) is 38.2. The van der Waals surface area contributed by atoms with Gasteiger partial charge in [-0.1, -0.05) is 182 Å². The van der Waals surface area contributed by atoms with Crippen LogP contribution in [0.1, 0.15) is 0 Å². The zero-order chi connectivity index (χ0) is 46.6. The van der Waals surface area contributed by atoms with Gasteiger partial charge in [-0.05, 0) is 144 Å². The molecule has 0 saturated heterocycles. The van der Waals surface area contributed by atoms with Crippen molar-refractivity contribution in [2.24, 2.45) is 0 Å². The van der Waals surface area contributed by atoms with Crippen molar-refractivity contribution in [2.45, 2.75) is 0 Å². The van der Waals surface area contributed by atoms with E-state index in [1.54, 1.807) is 12.4 Å². The third-order valence-electron chi connectivity index (χ3n) is 13.1. The van der Waals surface area contributed by atoms with Gasteiger partial charge in [-0.3, -0.25) is 4.98 Å². The quantitative estimate of drug-likeness (QED) is 0.130. The van der Waals surface area contributed by atoms with E-state index in [1.807, 2.05) is 40.0 Å². The van der Waals surface area contributed by atoms with Crippen LogP contribution in [0.2, 0.25) is 0 Å². The minimum Gasteiger partial charge on any atom is -0.256 e. The van der Waals surface area contributed by atoms with Crippen LogP contribution in [-0.4, -0.2) is 24.5 Å². The van der Waals surface area contributed by atoms with E-state index in [0.717, 1.165) is 101 Å². The number of rotatable bonds is 11. The summed E-state index contributed by atoms with van der Waals surface area (Å²) in [5, 5.41) is 8.94. The molecule has 0 aliphatic rings. The van der Waals surface area contributed by atoms with Crippen molar-refractivity contribution in [3.8, 4) is 112 Å². The summed E-state index contributed by atoms with van der Waals surface area (Å²) in [6, 6.07) is 86.7. The fourth-order valence-electron chi connectivity index (χ4n) is 9.62. The van der Waals surface area contributed by atoms with Gasteiger partial charge in [-0.15, -0.1) is 0 Å². The molecule has 70 heavy (non-hydrogen) atoms. The molecule has 5 heteroatoms. The predicted molar refractivity (Wildman–Crippen MR) is 287 cm³/mol. The fourth-order valence-corrected chi connectivity index (χ4v) is 9.62. The molecule has 330 valence electrons. The first-order chi connectivity index (χ1) is 34.7. The molecular formula is C65H45N5. The van der Waals surface area contributed by atoms with Gasteiger partial charge >= 0.3 is 0 Å². The lowest BCUT2D eigenvalue weighted by atomic mass is 9.85. The van der Waals surface area contributed by atoms with Crippen LogP contribution >= 0.6 is 0 Å². The van der Waals surface area contributed by atoms with Crippen molar-refractivity contribution in [2.75, 3.05) is 0 Å². The van der Waals surface area contributed by atoms with E-state index in [0.29, 0.717) is 0 Å². The summed E-state index contributed by atoms with van der Waals surface area (Å²) in [4.78, 5) is 5.17. The first kappa shape index (κ1) is 41.9. The molecule has 9 aromatic carbocycles. The van der Waals surface area contributed by atoms with Gasteiger partial charge in [0, 0.05) is 42.1 Å². The molecule has 3 aromatic heterocycles. The maximum absolute atomic E-state index is 5.17. The summed E-state index contributed by atoms with van der Waals surface area (Å²) < 4.78 is 3.78. The average molecular weight is 896 g/mol. The second-order valence-electron chi connectivity index (χ2n) is 17.4. The highest BCUT2D eigenvalue weighted by Gasteiger charge is 2.19. The van der Waals surface area contributed by atoms with Crippen LogP contribution in [0.15, 0.2) is 274 Å². The van der Waals surface area contributed by atoms with E-state index in [2.05, 4.69) is 241 Å². The molecule has 0 saturated carbocycles. The lowest BCUT2D eigenvalue weighted by Gasteiger charge is -2.19. The molecule has 12 rings (SSSR count). The van der Waals surface area contributed by atoms with Crippen molar-refractivity contribution >= 4 is 0 Å². The summed E-state index contributed by atoms with van der Waals surface area (Å²) >= 11 is 0. The number of hydrogen-bond donors (Lipinski definition) is 0. The Kier molecular flexibility index (Phi) is 11.2. The van der Waals surface area contributed by atoms with Gasteiger partial charge < -0.3 is 0 Å². The smallest absolute Gasteiger partial charge is 0.0708 e. The molecule has 0 atom stereocenters. The third kappa shape index (κ3) is 8.33. The molecule has 0 aliphatic carbocycles. The molecule has 5 nitrogen and oxygen atoms in total. The van der Waals surface area contributed by atoms with Crippen LogP contribution in [0.25, 0.3) is 112 Å². The largest absolute Gasteiger partial charge is 0.256 e. The molecule has 12 aromatic rings. The van der Waals surface area contributed by atoms with Gasteiger partial charge in [0.15, 0.2) is 0 Å². The van der Waals surface area contributed by atoms with Crippen molar-refractivity contribution in [1.29, 1.82) is 0 Å². The second kappa shape index (κ2) is 18.7.